The van der Waals surface area contributed by atoms with Crippen LogP contribution in [0.5, 0.6) is 0 Å². The molecule has 2 nitrogen and oxygen atoms in total. The topological polar surface area (TPSA) is 38.9 Å². The second kappa shape index (κ2) is 5.99. The smallest absolute Gasteiger partial charge is 0.162 e. The lowest BCUT2D eigenvalue weighted by molar-refractivity contribution is 0.497. The molecular formula is C16H18F2N2. The number of hydrogen-bond acceptors (Lipinski definition) is 2. The quantitative estimate of drug-likeness (QED) is 0.926. The Hall–Kier alpha value is -1.97. The Kier molecular flexibility index (Phi) is 4.32. The van der Waals surface area contributed by atoms with Crippen molar-refractivity contribution in [3.63, 3.8) is 0 Å². The monoisotopic (exact) mass is 276 g/mol. The number of nitrogen functional groups attached to an aromatic ring is 1. The van der Waals surface area contributed by atoms with E-state index in [1.165, 1.54) is 6.07 Å². The van der Waals surface area contributed by atoms with Crippen molar-refractivity contribution in [2.24, 2.45) is 0 Å². The molecule has 106 valence electrons. The molecule has 1 heterocycles. The summed E-state index contributed by atoms with van der Waals surface area (Å²) in [4.78, 5) is 4.21. The number of aryl methyl sites for hydroxylation is 4. The number of benzene rings is 1. The molecule has 0 aliphatic heterocycles. The van der Waals surface area contributed by atoms with E-state index in [0.717, 1.165) is 16.8 Å². The van der Waals surface area contributed by atoms with Crippen LogP contribution in [0.15, 0.2) is 24.3 Å². The summed E-state index contributed by atoms with van der Waals surface area (Å²) in [5, 5.41) is 0. The Labute approximate surface area is 117 Å². The van der Waals surface area contributed by atoms with Gasteiger partial charge in [-0.25, -0.2) is 13.8 Å². The van der Waals surface area contributed by atoms with Crippen molar-refractivity contribution in [1.82, 2.24) is 4.98 Å². The second-order valence-electron chi connectivity index (χ2n) is 4.97. The molecule has 1 aromatic carbocycles. The van der Waals surface area contributed by atoms with Crippen LogP contribution in [0.4, 0.5) is 14.6 Å². The van der Waals surface area contributed by atoms with E-state index in [-0.39, 0.29) is 0 Å². The van der Waals surface area contributed by atoms with Gasteiger partial charge < -0.3 is 5.73 Å². The van der Waals surface area contributed by atoms with Crippen LogP contribution in [0.1, 0.15) is 29.3 Å². The summed E-state index contributed by atoms with van der Waals surface area (Å²) in [6.45, 7) is 3.85. The largest absolute Gasteiger partial charge is 0.384 e. The van der Waals surface area contributed by atoms with E-state index in [1.807, 2.05) is 19.9 Å². The molecule has 0 radical (unpaired) electrons. The van der Waals surface area contributed by atoms with Crippen LogP contribution in [-0.4, -0.2) is 4.98 Å². The van der Waals surface area contributed by atoms with E-state index in [2.05, 4.69) is 4.98 Å². The lowest BCUT2D eigenvalue weighted by Crippen LogP contribution is -2.02. The minimum atomic E-state index is -0.781. The van der Waals surface area contributed by atoms with Gasteiger partial charge in [0, 0.05) is 5.69 Å². The first-order valence-corrected chi connectivity index (χ1v) is 6.69. The predicted octanol–water partition coefficient (Wildman–Crippen LogP) is 3.60. The summed E-state index contributed by atoms with van der Waals surface area (Å²) >= 11 is 0. The third-order valence-corrected chi connectivity index (χ3v) is 3.26. The molecule has 0 spiro atoms. The van der Waals surface area contributed by atoms with E-state index < -0.39 is 11.6 Å². The van der Waals surface area contributed by atoms with Crippen LogP contribution in [0.3, 0.4) is 0 Å². The van der Waals surface area contributed by atoms with Crippen molar-refractivity contribution in [3.8, 4) is 0 Å². The van der Waals surface area contributed by atoms with Gasteiger partial charge in [-0.05, 0) is 61.1 Å². The van der Waals surface area contributed by atoms with Crippen molar-refractivity contribution in [1.29, 1.82) is 0 Å². The molecular weight excluding hydrogens is 258 g/mol. The van der Waals surface area contributed by atoms with Gasteiger partial charge in [0.15, 0.2) is 11.6 Å². The number of pyridine rings is 1. The lowest BCUT2D eigenvalue weighted by Gasteiger charge is -2.08. The van der Waals surface area contributed by atoms with Gasteiger partial charge in [0.1, 0.15) is 5.82 Å². The van der Waals surface area contributed by atoms with Crippen LogP contribution >= 0.6 is 0 Å². The van der Waals surface area contributed by atoms with Crippen molar-refractivity contribution >= 4 is 5.82 Å². The fraction of sp³-hybridized carbons (Fsp3) is 0.312. The zero-order valence-electron chi connectivity index (χ0n) is 11.7. The van der Waals surface area contributed by atoms with E-state index in [4.69, 9.17) is 5.73 Å². The number of hydrogen-bond donors (Lipinski definition) is 1. The zero-order valence-corrected chi connectivity index (χ0v) is 11.7. The highest BCUT2D eigenvalue weighted by Gasteiger charge is 2.11. The molecule has 2 aromatic rings. The molecule has 0 unspecified atom stereocenters. The third-order valence-electron chi connectivity index (χ3n) is 3.26. The van der Waals surface area contributed by atoms with Gasteiger partial charge in [-0.3, -0.25) is 0 Å². The van der Waals surface area contributed by atoms with E-state index >= 15 is 0 Å². The molecule has 0 amide bonds. The van der Waals surface area contributed by atoms with Crippen LogP contribution in [0.25, 0.3) is 0 Å². The Bertz CT molecular complexity index is 604. The molecule has 0 saturated heterocycles. The van der Waals surface area contributed by atoms with Gasteiger partial charge in [0.2, 0.25) is 0 Å². The SMILES string of the molecule is CCc1cc(F)c(F)c(CCc2cc(C)cc(N)n2)c1. The van der Waals surface area contributed by atoms with Crippen molar-refractivity contribution < 1.29 is 8.78 Å². The molecule has 20 heavy (non-hydrogen) atoms. The summed E-state index contributed by atoms with van der Waals surface area (Å²) in [6, 6.07) is 6.66. The number of nitrogens with zero attached hydrogens (tertiary/aromatic N) is 1. The number of aromatic nitrogens is 1. The third kappa shape index (κ3) is 3.32. The van der Waals surface area contributed by atoms with E-state index in [0.29, 0.717) is 30.6 Å². The minimum absolute atomic E-state index is 0.392. The van der Waals surface area contributed by atoms with Crippen LogP contribution in [0.2, 0.25) is 0 Å². The average Bonchev–Trinajstić information content (AvgIpc) is 2.39. The van der Waals surface area contributed by atoms with E-state index in [9.17, 15) is 8.78 Å². The first-order valence-electron chi connectivity index (χ1n) is 6.69. The van der Waals surface area contributed by atoms with Gasteiger partial charge in [-0.15, -0.1) is 0 Å². The van der Waals surface area contributed by atoms with E-state index in [1.54, 1.807) is 12.1 Å². The number of rotatable bonds is 4. The summed E-state index contributed by atoms with van der Waals surface area (Å²) in [5.74, 6) is -1.09. The van der Waals surface area contributed by atoms with Gasteiger partial charge in [-0.1, -0.05) is 13.0 Å². The number of anilines is 1. The predicted molar refractivity (Wildman–Crippen MR) is 76.5 cm³/mol. The van der Waals surface area contributed by atoms with Crippen LogP contribution < -0.4 is 5.73 Å². The maximum atomic E-state index is 13.8. The molecule has 0 bridgehead atoms. The summed E-state index contributed by atoms with van der Waals surface area (Å²) in [6.07, 6.45) is 1.63. The normalized spacial score (nSPS) is 10.8. The zero-order chi connectivity index (χ0) is 14.7. The highest BCUT2D eigenvalue weighted by Crippen LogP contribution is 2.18. The average molecular weight is 276 g/mol. The summed E-state index contributed by atoms with van der Waals surface area (Å²) in [7, 11) is 0. The molecule has 2 rings (SSSR count). The van der Waals surface area contributed by atoms with Gasteiger partial charge in [-0.2, -0.15) is 0 Å². The number of nitrogens with two attached hydrogens (primary N) is 1. The maximum absolute atomic E-state index is 13.8. The van der Waals surface area contributed by atoms with Crippen molar-refractivity contribution in [3.05, 3.63) is 58.3 Å². The van der Waals surface area contributed by atoms with Gasteiger partial charge in [0.25, 0.3) is 0 Å². The fourth-order valence-corrected chi connectivity index (χ4v) is 2.25. The molecule has 0 fully saturated rings. The molecule has 1 aromatic heterocycles. The summed E-state index contributed by atoms with van der Waals surface area (Å²) in [5.41, 5.74) is 8.69. The lowest BCUT2D eigenvalue weighted by atomic mass is 10.0. The van der Waals surface area contributed by atoms with Gasteiger partial charge in [0.05, 0.1) is 0 Å². The highest BCUT2D eigenvalue weighted by atomic mass is 19.2. The Morgan fingerprint density at radius 1 is 1.10 bits per heavy atom. The minimum Gasteiger partial charge on any atom is -0.384 e. The van der Waals surface area contributed by atoms with Crippen molar-refractivity contribution in [2.45, 2.75) is 33.1 Å². The van der Waals surface area contributed by atoms with Crippen LogP contribution in [-0.2, 0) is 19.3 Å². The molecule has 2 N–H and O–H groups in total. The molecule has 0 aliphatic carbocycles. The first-order chi connectivity index (χ1) is 9.49. The van der Waals surface area contributed by atoms with Gasteiger partial charge >= 0.3 is 0 Å². The molecule has 0 atom stereocenters. The summed E-state index contributed by atoms with van der Waals surface area (Å²) < 4.78 is 27.2. The molecule has 0 aliphatic rings. The van der Waals surface area contributed by atoms with Crippen LogP contribution in [0, 0.1) is 18.6 Å². The fourth-order valence-electron chi connectivity index (χ4n) is 2.25. The molecule has 4 heteroatoms. The standard InChI is InChI=1S/C16H18F2N2/c1-3-11-8-12(16(18)14(17)9-11)4-5-13-6-10(2)7-15(19)20-13/h6-9H,3-5H2,1-2H3,(H2,19,20). The Balaban J connectivity index is 2.20. The molecule has 0 saturated carbocycles. The van der Waals surface area contributed by atoms with Crippen molar-refractivity contribution in [2.75, 3.05) is 5.73 Å². The first kappa shape index (κ1) is 14.4. The Morgan fingerprint density at radius 2 is 1.85 bits per heavy atom. The number of halogens is 2. The maximum Gasteiger partial charge on any atom is 0.162 e. The second-order valence-corrected chi connectivity index (χ2v) is 4.97. The Morgan fingerprint density at radius 3 is 2.50 bits per heavy atom. The highest BCUT2D eigenvalue weighted by molar-refractivity contribution is 5.35.